The number of carbonyl (C=O) groups excluding carboxylic acids is 1. The van der Waals surface area contributed by atoms with E-state index < -0.39 is 5.60 Å². The van der Waals surface area contributed by atoms with Gasteiger partial charge in [-0.1, -0.05) is 13.8 Å². The Kier molecular flexibility index (Phi) is 5.19. The molecule has 0 saturated carbocycles. The standard InChI is InChI=1S/C13H21IN2O2/c1-6-10-9(14)8-16(15-10)11(7-2)12(17)18-13(3,4)5/h8,11H,6-7H2,1-5H3. The molecule has 0 aromatic carbocycles. The zero-order valence-electron chi connectivity index (χ0n) is 11.7. The van der Waals surface area contributed by atoms with Crippen molar-refractivity contribution in [3.8, 4) is 0 Å². The lowest BCUT2D eigenvalue weighted by Gasteiger charge is -2.23. The van der Waals surface area contributed by atoms with Gasteiger partial charge >= 0.3 is 5.97 Å². The van der Waals surface area contributed by atoms with Gasteiger partial charge in [-0.25, -0.2) is 4.79 Å². The summed E-state index contributed by atoms with van der Waals surface area (Å²) in [5, 5.41) is 4.46. The van der Waals surface area contributed by atoms with Crippen LogP contribution in [-0.4, -0.2) is 21.4 Å². The Morgan fingerprint density at radius 2 is 2.11 bits per heavy atom. The van der Waals surface area contributed by atoms with Gasteiger partial charge in [0.1, 0.15) is 11.6 Å². The minimum Gasteiger partial charge on any atom is -0.458 e. The van der Waals surface area contributed by atoms with Gasteiger partial charge in [0.15, 0.2) is 0 Å². The van der Waals surface area contributed by atoms with Crippen molar-refractivity contribution in [3.05, 3.63) is 15.5 Å². The zero-order valence-corrected chi connectivity index (χ0v) is 13.8. The van der Waals surface area contributed by atoms with E-state index in [9.17, 15) is 4.79 Å². The number of ether oxygens (including phenoxy) is 1. The SMILES string of the molecule is CCc1nn(C(CC)C(=O)OC(C)(C)C)cc1I. The van der Waals surface area contributed by atoms with Crippen LogP contribution in [0, 0.1) is 3.57 Å². The number of esters is 1. The van der Waals surface area contributed by atoms with Crippen molar-refractivity contribution < 1.29 is 9.53 Å². The predicted octanol–water partition coefficient (Wildman–Crippen LogP) is 3.34. The molecule has 0 spiro atoms. The highest BCUT2D eigenvalue weighted by atomic mass is 127. The van der Waals surface area contributed by atoms with Crippen molar-refractivity contribution in [2.45, 2.75) is 59.1 Å². The van der Waals surface area contributed by atoms with Crippen molar-refractivity contribution in [3.63, 3.8) is 0 Å². The third kappa shape index (κ3) is 3.96. The Bertz CT molecular complexity index is 421. The van der Waals surface area contributed by atoms with Gasteiger partial charge in [-0.3, -0.25) is 4.68 Å². The average Bonchev–Trinajstić information content (AvgIpc) is 2.58. The molecule has 102 valence electrons. The van der Waals surface area contributed by atoms with E-state index in [1.54, 1.807) is 4.68 Å². The van der Waals surface area contributed by atoms with E-state index in [1.807, 2.05) is 33.9 Å². The van der Waals surface area contributed by atoms with Gasteiger partial charge in [0, 0.05) is 6.20 Å². The second-order valence-corrected chi connectivity index (χ2v) is 6.38. The summed E-state index contributed by atoms with van der Waals surface area (Å²) < 4.78 is 8.25. The molecule has 0 amide bonds. The number of aromatic nitrogens is 2. The summed E-state index contributed by atoms with van der Waals surface area (Å²) in [4.78, 5) is 12.1. The Balaban J connectivity index is 2.92. The van der Waals surface area contributed by atoms with Crippen LogP contribution >= 0.6 is 22.6 Å². The lowest BCUT2D eigenvalue weighted by molar-refractivity contribution is -0.159. The molecule has 0 saturated heterocycles. The van der Waals surface area contributed by atoms with E-state index in [4.69, 9.17) is 4.74 Å². The number of rotatable bonds is 4. The lowest BCUT2D eigenvalue weighted by Crippen LogP contribution is -2.30. The first-order valence-electron chi connectivity index (χ1n) is 6.24. The highest BCUT2D eigenvalue weighted by Crippen LogP contribution is 2.20. The monoisotopic (exact) mass is 364 g/mol. The fraction of sp³-hybridized carbons (Fsp3) is 0.692. The molecule has 0 bridgehead atoms. The van der Waals surface area contributed by atoms with Gasteiger partial charge in [0.25, 0.3) is 0 Å². The fourth-order valence-electron chi connectivity index (χ4n) is 1.64. The summed E-state index contributed by atoms with van der Waals surface area (Å²) >= 11 is 2.25. The Labute approximate surface area is 122 Å². The van der Waals surface area contributed by atoms with Gasteiger partial charge in [-0.05, 0) is 56.2 Å². The minimum atomic E-state index is -0.460. The van der Waals surface area contributed by atoms with Crippen molar-refractivity contribution in [1.82, 2.24) is 9.78 Å². The first-order chi connectivity index (χ1) is 8.28. The highest BCUT2D eigenvalue weighted by molar-refractivity contribution is 14.1. The van der Waals surface area contributed by atoms with Crippen LogP contribution in [0.25, 0.3) is 0 Å². The number of carbonyl (C=O) groups is 1. The van der Waals surface area contributed by atoms with Crippen molar-refractivity contribution in [2.24, 2.45) is 0 Å². The van der Waals surface area contributed by atoms with Crippen LogP contribution in [0.15, 0.2) is 6.20 Å². The topological polar surface area (TPSA) is 44.1 Å². The van der Waals surface area contributed by atoms with E-state index in [0.717, 1.165) is 15.7 Å². The van der Waals surface area contributed by atoms with Gasteiger partial charge in [-0.15, -0.1) is 0 Å². The molecule has 0 aliphatic heterocycles. The smallest absolute Gasteiger partial charge is 0.331 e. The molecule has 1 unspecified atom stereocenters. The summed E-state index contributed by atoms with van der Waals surface area (Å²) in [6.45, 7) is 9.66. The van der Waals surface area contributed by atoms with Crippen LogP contribution in [0.2, 0.25) is 0 Å². The average molecular weight is 364 g/mol. The molecule has 1 aromatic rings. The quantitative estimate of drug-likeness (QED) is 0.608. The molecule has 4 nitrogen and oxygen atoms in total. The molecule has 0 N–H and O–H groups in total. The predicted molar refractivity (Wildman–Crippen MR) is 79.5 cm³/mol. The maximum absolute atomic E-state index is 12.1. The second kappa shape index (κ2) is 6.04. The molecular weight excluding hydrogens is 343 g/mol. The largest absolute Gasteiger partial charge is 0.458 e. The molecule has 0 radical (unpaired) electrons. The van der Waals surface area contributed by atoms with Gasteiger partial charge in [0.05, 0.1) is 9.26 Å². The van der Waals surface area contributed by atoms with Gasteiger partial charge < -0.3 is 4.74 Å². The molecule has 1 atom stereocenters. The third-order valence-electron chi connectivity index (χ3n) is 2.48. The summed E-state index contributed by atoms with van der Waals surface area (Å²) in [6, 6.07) is -0.335. The normalized spacial score (nSPS) is 13.4. The lowest BCUT2D eigenvalue weighted by atomic mass is 10.1. The van der Waals surface area contributed by atoms with E-state index in [2.05, 4.69) is 34.6 Å². The fourth-order valence-corrected chi connectivity index (χ4v) is 2.41. The van der Waals surface area contributed by atoms with E-state index in [-0.39, 0.29) is 12.0 Å². The van der Waals surface area contributed by atoms with Crippen LogP contribution in [0.3, 0.4) is 0 Å². The van der Waals surface area contributed by atoms with Crippen molar-refractivity contribution in [2.75, 3.05) is 0 Å². The summed E-state index contributed by atoms with van der Waals surface area (Å²) in [6.07, 6.45) is 3.46. The molecule has 0 fully saturated rings. The van der Waals surface area contributed by atoms with Crippen LogP contribution in [-0.2, 0) is 16.0 Å². The Morgan fingerprint density at radius 1 is 1.50 bits per heavy atom. The molecule has 0 aliphatic carbocycles. The maximum atomic E-state index is 12.1. The molecule has 1 heterocycles. The molecule has 18 heavy (non-hydrogen) atoms. The number of nitrogens with zero attached hydrogens (tertiary/aromatic N) is 2. The maximum Gasteiger partial charge on any atom is 0.331 e. The first-order valence-corrected chi connectivity index (χ1v) is 7.32. The summed E-state index contributed by atoms with van der Waals surface area (Å²) in [5.41, 5.74) is 0.566. The molecule has 5 heteroatoms. The number of halogens is 1. The van der Waals surface area contributed by atoms with Crippen LogP contribution in [0.4, 0.5) is 0 Å². The van der Waals surface area contributed by atoms with Crippen LogP contribution in [0.1, 0.15) is 52.8 Å². The van der Waals surface area contributed by atoms with Crippen LogP contribution in [0.5, 0.6) is 0 Å². The number of aryl methyl sites for hydroxylation is 1. The molecular formula is C13H21IN2O2. The Hall–Kier alpha value is -0.590. The van der Waals surface area contributed by atoms with E-state index in [1.165, 1.54) is 0 Å². The molecule has 0 aliphatic rings. The number of hydrogen-bond acceptors (Lipinski definition) is 3. The Morgan fingerprint density at radius 3 is 2.50 bits per heavy atom. The molecule has 1 aromatic heterocycles. The summed E-state index contributed by atoms with van der Waals surface area (Å²) in [5.74, 6) is -0.216. The van der Waals surface area contributed by atoms with Gasteiger partial charge in [-0.2, -0.15) is 5.10 Å². The number of hydrogen-bond donors (Lipinski definition) is 0. The summed E-state index contributed by atoms with van der Waals surface area (Å²) in [7, 11) is 0. The van der Waals surface area contributed by atoms with Crippen molar-refractivity contribution >= 4 is 28.6 Å². The third-order valence-corrected chi connectivity index (χ3v) is 3.38. The first kappa shape index (κ1) is 15.5. The van der Waals surface area contributed by atoms with Crippen LogP contribution < -0.4 is 0 Å². The molecule has 1 rings (SSSR count). The zero-order chi connectivity index (χ0) is 13.9. The second-order valence-electron chi connectivity index (χ2n) is 5.21. The minimum absolute atomic E-state index is 0.216. The van der Waals surface area contributed by atoms with Gasteiger partial charge in [0.2, 0.25) is 0 Å². The van der Waals surface area contributed by atoms with E-state index in [0.29, 0.717) is 6.42 Å². The highest BCUT2D eigenvalue weighted by Gasteiger charge is 2.26. The van der Waals surface area contributed by atoms with E-state index >= 15 is 0 Å². The van der Waals surface area contributed by atoms with Crippen molar-refractivity contribution in [1.29, 1.82) is 0 Å².